The molecule has 0 radical (unpaired) electrons. The highest BCUT2D eigenvalue weighted by Crippen LogP contribution is 1.98. The van der Waals surface area contributed by atoms with Crippen molar-refractivity contribution in [2.75, 3.05) is 20.2 Å². The zero-order chi connectivity index (χ0) is 11.1. The van der Waals surface area contributed by atoms with E-state index >= 15 is 0 Å². The van der Waals surface area contributed by atoms with Crippen molar-refractivity contribution in [3.05, 3.63) is 0 Å². The van der Waals surface area contributed by atoms with E-state index < -0.39 is 5.92 Å². The summed E-state index contributed by atoms with van der Waals surface area (Å²) in [6.45, 7) is 3.31. The van der Waals surface area contributed by atoms with Gasteiger partial charge in [0, 0.05) is 14.0 Å². The molecule has 0 aliphatic rings. The second kappa shape index (κ2) is 5.97. The highest BCUT2D eigenvalue weighted by atomic mass is 16.5. The maximum absolute atomic E-state index is 11.3. The second-order valence-corrected chi connectivity index (χ2v) is 2.95. The van der Waals surface area contributed by atoms with Gasteiger partial charge in [0.15, 0.2) is 0 Å². The quantitative estimate of drug-likeness (QED) is 0.603. The average molecular weight is 198 g/mol. The first kappa shape index (κ1) is 12.4. The van der Waals surface area contributed by atoms with Gasteiger partial charge in [-0.15, -0.1) is 0 Å². The Morgan fingerprint density at radius 2 is 2.14 bits per heavy atom. The van der Waals surface area contributed by atoms with Crippen LogP contribution >= 0.6 is 0 Å². The molecule has 1 unspecified atom stereocenters. The van der Waals surface area contributed by atoms with Crippen molar-refractivity contribution >= 4 is 11.9 Å². The van der Waals surface area contributed by atoms with E-state index in [4.69, 9.17) is 5.26 Å². The maximum Gasteiger partial charge on any atom is 0.302 e. The highest BCUT2D eigenvalue weighted by Gasteiger charge is 2.16. The van der Waals surface area contributed by atoms with E-state index in [2.05, 4.69) is 4.74 Å². The van der Waals surface area contributed by atoms with E-state index in [1.807, 2.05) is 6.07 Å². The molecule has 5 nitrogen and oxygen atoms in total. The zero-order valence-electron chi connectivity index (χ0n) is 8.61. The summed E-state index contributed by atoms with van der Waals surface area (Å²) in [6.07, 6.45) is 0. The highest BCUT2D eigenvalue weighted by molar-refractivity contribution is 5.80. The number of hydrogen-bond donors (Lipinski definition) is 0. The van der Waals surface area contributed by atoms with Crippen LogP contribution in [0.1, 0.15) is 13.8 Å². The Bertz CT molecular complexity index is 257. The number of carbonyl (C=O) groups excluding carboxylic acids is 2. The van der Waals surface area contributed by atoms with Crippen molar-refractivity contribution in [3.63, 3.8) is 0 Å². The van der Waals surface area contributed by atoms with Crippen LogP contribution in [0, 0.1) is 17.2 Å². The summed E-state index contributed by atoms with van der Waals surface area (Å²) in [6, 6.07) is 1.85. The van der Waals surface area contributed by atoms with Gasteiger partial charge < -0.3 is 9.64 Å². The van der Waals surface area contributed by atoms with Gasteiger partial charge in [-0.2, -0.15) is 5.26 Å². The molecule has 0 fully saturated rings. The predicted octanol–water partition coefficient (Wildman–Crippen LogP) is 0.168. The third-order valence-electron chi connectivity index (χ3n) is 1.67. The molecule has 78 valence electrons. The molecule has 0 aromatic rings. The van der Waals surface area contributed by atoms with Crippen LogP contribution in [0.15, 0.2) is 0 Å². The first-order valence-electron chi connectivity index (χ1n) is 4.27. The Balaban J connectivity index is 3.85. The summed E-state index contributed by atoms with van der Waals surface area (Å²) in [5.41, 5.74) is 0. The molecule has 1 amide bonds. The summed E-state index contributed by atoms with van der Waals surface area (Å²) in [7, 11) is 1.57. The fourth-order valence-electron chi connectivity index (χ4n) is 0.822. The predicted molar refractivity (Wildman–Crippen MR) is 49.0 cm³/mol. The minimum Gasteiger partial charge on any atom is -0.464 e. The number of rotatable bonds is 4. The monoisotopic (exact) mass is 198 g/mol. The van der Waals surface area contributed by atoms with Crippen LogP contribution in [0.4, 0.5) is 0 Å². The Labute approximate surface area is 83.2 Å². The molecule has 0 aliphatic carbocycles. The molecule has 14 heavy (non-hydrogen) atoms. The van der Waals surface area contributed by atoms with E-state index in [9.17, 15) is 9.59 Å². The van der Waals surface area contributed by atoms with E-state index in [1.165, 1.54) is 18.7 Å². The molecule has 0 N–H and O–H groups in total. The van der Waals surface area contributed by atoms with Gasteiger partial charge >= 0.3 is 5.97 Å². The summed E-state index contributed by atoms with van der Waals surface area (Å²) in [4.78, 5) is 23.1. The maximum atomic E-state index is 11.3. The minimum atomic E-state index is -0.655. The Hall–Kier alpha value is -1.57. The smallest absolute Gasteiger partial charge is 0.302 e. The lowest BCUT2D eigenvalue weighted by atomic mass is 10.2. The second-order valence-electron chi connectivity index (χ2n) is 2.95. The number of likely N-dealkylation sites (N-methyl/N-ethyl adjacent to an activating group) is 1. The van der Waals surface area contributed by atoms with Crippen LogP contribution in [0.2, 0.25) is 0 Å². The summed E-state index contributed by atoms with van der Waals surface area (Å²) >= 11 is 0. The Kier molecular flexibility index (Phi) is 5.30. The molecule has 1 atom stereocenters. The molecule has 0 aromatic heterocycles. The summed E-state index contributed by atoms with van der Waals surface area (Å²) < 4.78 is 4.66. The Morgan fingerprint density at radius 3 is 2.57 bits per heavy atom. The topological polar surface area (TPSA) is 70.4 Å². The number of nitrogens with zero attached hydrogens (tertiary/aromatic N) is 2. The van der Waals surface area contributed by atoms with E-state index in [0.717, 1.165) is 0 Å². The summed E-state index contributed by atoms with van der Waals surface area (Å²) in [5, 5.41) is 8.48. The van der Waals surface area contributed by atoms with Gasteiger partial charge in [0.05, 0.1) is 12.6 Å². The van der Waals surface area contributed by atoms with Gasteiger partial charge in [-0.05, 0) is 6.92 Å². The van der Waals surface area contributed by atoms with Crippen molar-refractivity contribution in [1.29, 1.82) is 5.26 Å². The summed E-state index contributed by atoms with van der Waals surface area (Å²) in [5.74, 6) is -1.30. The Morgan fingerprint density at radius 1 is 1.57 bits per heavy atom. The van der Waals surface area contributed by atoms with Crippen LogP contribution in [0.3, 0.4) is 0 Å². The van der Waals surface area contributed by atoms with Crippen molar-refractivity contribution in [3.8, 4) is 6.07 Å². The molecule has 0 bridgehead atoms. The SMILES string of the molecule is CC(=O)OCCN(C)C(=O)C(C)C#N. The minimum absolute atomic E-state index is 0.162. The third kappa shape index (κ3) is 4.45. The fraction of sp³-hybridized carbons (Fsp3) is 0.667. The molecule has 0 rings (SSSR count). The first-order chi connectivity index (χ1) is 6.49. The number of hydrogen-bond acceptors (Lipinski definition) is 4. The van der Waals surface area contributed by atoms with Crippen LogP contribution in [0.5, 0.6) is 0 Å². The molecular weight excluding hydrogens is 184 g/mol. The van der Waals surface area contributed by atoms with Gasteiger partial charge in [0.25, 0.3) is 0 Å². The number of carbonyl (C=O) groups is 2. The first-order valence-corrected chi connectivity index (χ1v) is 4.27. The number of esters is 1. The third-order valence-corrected chi connectivity index (χ3v) is 1.67. The van der Waals surface area contributed by atoms with Crippen LogP contribution in [0.25, 0.3) is 0 Å². The van der Waals surface area contributed by atoms with Gasteiger partial charge in [-0.1, -0.05) is 0 Å². The van der Waals surface area contributed by atoms with Gasteiger partial charge in [0.1, 0.15) is 12.5 Å². The molecule has 0 spiro atoms. The average Bonchev–Trinajstić information content (AvgIpc) is 2.14. The molecule has 0 heterocycles. The van der Waals surface area contributed by atoms with E-state index in [1.54, 1.807) is 7.05 Å². The van der Waals surface area contributed by atoms with Crippen LogP contribution in [-0.4, -0.2) is 37.0 Å². The molecule has 0 aromatic carbocycles. The van der Waals surface area contributed by atoms with Gasteiger partial charge in [-0.25, -0.2) is 0 Å². The zero-order valence-corrected chi connectivity index (χ0v) is 8.61. The molecule has 0 saturated carbocycles. The normalized spacial score (nSPS) is 11.3. The fourth-order valence-corrected chi connectivity index (χ4v) is 0.822. The standard InChI is InChI=1S/C9H14N2O3/c1-7(6-10)9(13)11(3)4-5-14-8(2)12/h7H,4-5H2,1-3H3. The molecular formula is C9H14N2O3. The van der Waals surface area contributed by atoms with Crippen molar-refractivity contribution < 1.29 is 14.3 Å². The van der Waals surface area contributed by atoms with E-state index in [0.29, 0.717) is 6.54 Å². The van der Waals surface area contributed by atoms with Crippen LogP contribution < -0.4 is 0 Å². The van der Waals surface area contributed by atoms with Gasteiger partial charge in [0.2, 0.25) is 5.91 Å². The lowest BCUT2D eigenvalue weighted by molar-refractivity contribution is -0.143. The number of ether oxygens (including phenoxy) is 1. The number of amides is 1. The largest absolute Gasteiger partial charge is 0.464 e. The van der Waals surface area contributed by atoms with Crippen molar-refractivity contribution in [2.45, 2.75) is 13.8 Å². The number of nitriles is 1. The van der Waals surface area contributed by atoms with E-state index in [-0.39, 0.29) is 18.5 Å². The van der Waals surface area contributed by atoms with Crippen LogP contribution in [-0.2, 0) is 14.3 Å². The lowest BCUT2D eigenvalue weighted by Gasteiger charge is -2.17. The molecule has 5 heteroatoms. The van der Waals surface area contributed by atoms with Crippen molar-refractivity contribution in [1.82, 2.24) is 4.90 Å². The molecule has 0 saturated heterocycles. The van der Waals surface area contributed by atoms with Gasteiger partial charge in [-0.3, -0.25) is 9.59 Å². The lowest BCUT2D eigenvalue weighted by Crippen LogP contribution is -2.34. The molecule has 0 aliphatic heterocycles. The van der Waals surface area contributed by atoms with Crippen molar-refractivity contribution in [2.24, 2.45) is 5.92 Å².